The molecule has 0 spiro atoms. The summed E-state index contributed by atoms with van der Waals surface area (Å²) in [6.45, 7) is 2.60. The Bertz CT molecular complexity index is 766. The van der Waals surface area contributed by atoms with Gasteiger partial charge in [0.1, 0.15) is 5.82 Å². The van der Waals surface area contributed by atoms with Crippen molar-refractivity contribution in [1.82, 2.24) is 9.55 Å². The molecule has 0 amide bonds. The van der Waals surface area contributed by atoms with Crippen molar-refractivity contribution in [2.75, 3.05) is 0 Å². The zero-order chi connectivity index (χ0) is 14.8. The number of aliphatic hydroxyl groups excluding tert-OH is 1. The van der Waals surface area contributed by atoms with E-state index in [0.29, 0.717) is 6.54 Å². The lowest BCUT2D eigenvalue weighted by Crippen LogP contribution is -2.11. The molecule has 2 aromatic carbocycles. The van der Waals surface area contributed by atoms with E-state index in [1.165, 1.54) is 0 Å². The number of hydrogen-bond acceptors (Lipinski definition) is 2. The average molecular weight is 345 g/mol. The molecule has 0 fully saturated rings. The first kappa shape index (κ1) is 14.3. The highest BCUT2D eigenvalue weighted by molar-refractivity contribution is 9.10. The third kappa shape index (κ3) is 2.87. The minimum atomic E-state index is -0.551. The molecule has 0 saturated carbocycles. The minimum absolute atomic E-state index is 0.514. The number of aryl methyl sites for hydroxylation is 1. The maximum atomic E-state index is 10.5. The highest BCUT2D eigenvalue weighted by atomic mass is 79.9. The number of hydrogen-bond donors (Lipinski definition) is 1. The molecule has 0 aliphatic rings. The third-order valence-electron chi connectivity index (χ3n) is 3.64. The van der Waals surface area contributed by atoms with Crippen molar-refractivity contribution < 1.29 is 5.11 Å². The molecule has 0 saturated heterocycles. The van der Waals surface area contributed by atoms with Crippen molar-refractivity contribution in [1.29, 1.82) is 0 Å². The fraction of sp³-hybridized carbons (Fsp3) is 0.235. The fourth-order valence-corrected chi connectivity index (χ4v) is 3.01. The second-order valence-corrected chi connectivity index (χ2v) is 5.97. The highest BCUT2D eigenvalue weighted by Crippen LogP contribution is 2.23. The van der Waals surface area contributed by atoms with Crippen LogP contribution in [0.3, 0.4) is 0 Å². The van der Waals surface area contributed by atoms with Gasteiger partial charge in [0, 0.05) is 10.9 Å². The molecular weight excluding hydrogens is 328 g/mol. The summed E-state index contributed by atoms with van der Waals surface area (Å²) in [5.74, 6) is 1.00. The molecule has 3 aromatic rings. The van der Waals surface area contributed by atoms with Crippen molar-refractivity contribution in [3.63, 3.8) is 0 Å². The number of nitrogens with zero attached hydrogens (tertiary/aromatic N) is 2. The van der Waals surface area contributed by atoms with Crippen LogP contribution < -0.4 is 0 Å². The largest absolute Gasteiger partial charge is 0.387 e. The summed E-state index contributed by atoms with van der Waals surface area (Å²) in [6.07, 6.45) is 0.297. The van der Waals surface area contributed by atoms with Gasteiger partial charge in [0.15, 0.2) is 0 Å². The van der Waals surface area contributed by atoms with Crippen molar-refractivity contribution in [3.8, 4) is 0 Å². The number of benzene rings is 2. The second kappa shape index (κ2) is 6.00. The van der Waals surface area contributed by atoms with Gasteiger partial charge < -0.3 is 9.67 Å². The van der Waals surface area contributed by atoms with Gasteiger partial charge in [-0.3, -0.25) is 0 Å². The van der Waals surface area contributed by atoms with Gasteiger partial charge in [0.25, 0.3) is 0 Å². The van der Waals surface area contributed by atoms with Crippen molar-refractivity contribution in [2.45, 2.75) is 26.0 Å². The van der Waals surface area contributed by atoms with Crippen LogP contribution in [-0.2, 0) is 13.0 Å². The molecule has 1 N–H and O–H groups in total. The molecule has 0 aliphatic carbocycles. The Hall–Kier alpha value is -1.65. The summed E-state index contributed by atoms with van der Waals surface area (Å²) >= 11 is 3.45. The van der Waals surface area contributed by atoms with E-state index in [4.69, 9.17) is 0 Å². The molecule has 0 aliphatic heterocycles. The number of para-hydroxylation sites is 2. The molecule has 0 bridgehead atoms. The Morgan fingerprint density at radius 2 is 2.00 bits per heavy atom. The summed E-state index contributed by atoms with van der Waals surface area (Å²) in [6, 6.07) is 15.9. The Labute approximate surface area is 132 Å². The van der Waals surface area contributed by atoms with Crippen LogP contribution >= 0.6 is 15.9 Å². The Morgan fingerprint density at radius 1 is 1.19 bits per heavy atom. The minimum Gasteiger partial charge on any atom is -0.387 e. The lowest BCUT2D eigenvalue weighted by molar-refractivity contribution is 0.156. The van der Waals surface area contributed by atoms with Crippen LogP contribution in [0.25, 0.3) is 11.0 Å². The Kier molecular flexibility index (Phi) is 4.08. The van der Waals surface area contributed by atoms with Crippen LogP contribution in [-0.4, -0.2) is 14.7 Å². The smallest absolute Gasteiger partial charge is 0.109 e. The predicted octanol–water partition coefficient (Wildman–Crippen LogP) is 4.09. The second-order valence-electron chi connectivity index (χ2n) is 5.05. The molecule has 3 rings (SSSR count). The van der Waals surface area contributed by atoms with Gasteiger partial charge in [-0.25, -0.2) is 4.98 Å². The van der Waals surface area contributed by atoms with Gasteiger partial charge in [-0.15, -0.1) is 0 Å². The SMILES string of the molecule is CCc1nc2ccccc2n1C[C@H](O)c1cccc(Br)c1. The molecule has 0 unspecified atom stereocenters. The number of aliphatic hydroxyl groups is 1. The number of rotatable bonds is 4. The van der Waals surface area contributed by atoms with E-state index in [0.717, 1.165) is 33.3 Å². The van der Waals surface area contributed by atoms with Gasteiger partial charge in [0.05, 0.1) is 23.7 Å². The van der Waals surface area contributed by atoms with Crippen LogP contribution in [0.1, 0.15) is 24.4 Å². The molecule has 3 nitrogen and oxygen atoms in total. The first-order valence-corrected chi connectivity index (χ1v) is 7.86. The standard InChI is InChI=1S/C17H17BrN2O/c1-2-17-19-14-8-3-4-9-15(14)20(17)11-16(21)12-6-5-7-13(18)10-12/h3-10,16,21H,2,11H2,1H3/t16-/m0/s1. The van der Waals surface area contributed by atoms with E-state index in [-0.39, 0.29) is 0 Å². The first-order chi connectivity index (χ1) is 10.2. The zero-order valence-corrected chi connectivity index (χ0v) is 13.4. The molecule has 0 radical (unpaired) electrons. The van der Waals surface area contributed by atoms with Crippen molar-refractivity contribution in [2.24, 2.45) is 0 Å². The van der Waals surface area contributed by atoms with Crippen LogP contribution in [0.15, 0.2) is 53.0 Å². The zero-order valence-electron chi connectivity index (χ0n) is 11.8. The quantitative estimate of drug-likeness (QED) is 0.773. The number of halogens is 1. The van der Waals surface area contributed by atoms with Gasteiger partial charge >= 0.3 is 0 Å². The molecule has 108 valence electrons. The van der Waals surface area contributed by atoms with Crippen LogP contribution in [0, 0.1) is 0 Å². The summed E-state index contributed by atoms with van der Waals surface area (Å²) in [5.41, 5.74) is 2.96. The maximum Gasteiger partial charge on any atom is 0.109 e. The summed E-state index contributed by atoms with van der Waals surface area (Å²) < 4.78 is 3.09. The van der Waals surface area contributed by atoms with Crippen LogP contribution in [0.4, 0.5) is 0 Å². The van der Waals surface area contributed by atoms with E-state index in [1.807, 2.05) is 42.5 Å². The molecular formula is C17H17BrN2O. The fourth-order valence-electron chi connectivity index (χ4n) is 2.59. The number of fused-ring (bicyclic) bond motifs is 1. The Morgan fingerprint density at radius 3 is 2.76 bits per heavy atom. The predicted molar refractivity (Wildman–Crippen MR) is 88.2 cm³/mol. The summed E-state index contributed by atoms with van der Waals surface area (Å²) in [7, 11) is 0. The Balaban J connectivity index is 1.97. The van der Waals surface area contributed by atoms with E-state index in [1.54, 1.807) is 0 Å². The van der Waals surface area contributed by atoms with E-state index < -0.39 is 6.10 Å². The topological polar surface area (TPSA) is 38.0 Å². The highest BCUT2D eigenvalue weighted by Gasteiger charge is 2.14. The van der Waals surface area contributed by atoms with Gasteiger partial charge in [-0.1, -0.05) is 47.1 Å². The monoisotopic (exact) mass is 344 g/mol. The van der Waals surface area contributed by atoms with Crippen molar-refractivity contribution >= 4 is 27.0 Å². The number of aromatic nitrogens is 2. The lowest BCUT2D eigenvalue weighted by atomic mass is 10.1. The lowest BCUT2D eigenvalue weighted by Gasteiger charge is -2.15. The molecule has 21 heavy (non-hydrogen) atoms. The van der Waals surface area contributed by atoms with E-state index in [9.17, 15) is 5.11 Å². The van der Waals surface area contributed by atoms with Gasteiger partial charge in [-0.05, 0) is 29.8 Å². The van der Waals surface area contributed by atoms with Gasteiger partial charge in [0.2, 0.25) is 0 Å². The summed E-state index contributed by atoms with van der Waals surface area (Å²) in [5, 5.41) is 10.5. The van der Waals surface area contributed by atoms with E-state index in [2.05, 4.69) is 38.5 Å². The van der Waals surface area contributed by atoms with Gasteiger partial charge in [-0.2, -0.15) is 0 Å². The van der Waals surface area contributed by atoms with Crippen LogP contribution in [0.2, 0.25) is 0 Å². The molecule has 4 heteroatoms. The maximum absolute atomic E-state index is 10.5. The molecule has 1 heterocycles. The van der Waals surface area contributed by atoms with E-state index >= 15 is 0 Å². The normalized spacial score (nSPS) is 12.7. The van der Waals surface area contributed by atoms with Crippen molar-refractivity contribution in [3.05, 3.63) is 64.4 Å². The first-order valence-electron chi connectivity index (χ1n) is 7.06. The summed E-state index contributed by atoms with van der Waals surface area (Å²) in [4.78, 5) is 4.64. The number of imidazole rings is 1. The molecule has 1 atom stereocenters. The van der Waals surface area contributed by atoms with Crippen LogP contribution in [0.5, 0.6) is 0 Å². The average Bonchev–Trinajstić information content (AvgIpc) is 2.85. The third-order valence-corrected chi connectivity index (χ3v) is 4.13. The molecule has 1 aromatic heterocycles.